The summed E-state index contributed by atoms with van der Waals surface area (Å²) in [6.07, 6.45) is -0.0940. The van der Waals surface area contributed by atoms with Crippen molar-refractivity contribution in [1.82, 2.24) is 0 Å². The molecular formula is C25H29N3O7. The third kappa shape index (κ3) is 5.83. The van der Waals surface area contributed by atoms with Crippen LogP contribution in [0.5, 0.6) is 0 Å². The maximum Gasteiger partial charge on any atom is 0.315 e. The van der Waals surface area contributed by atoms with Crippen LogP contribution in [0.2, 0.25) is 0 Å². The zero-order chi connectivity index (χ0) is 25.6. The molecule has 0 unspecified atom stereocenters. The number of carbonyl (C=O) groups is 2. The quantitative estimate of drug-likeness (QED) is 0.329. The average molecular weight is 484 g/mol. The molecule has 10 nitrogen and oxygen atoms in total. The molecule has 0 amide bonds. The molecule has 1 fully saturated rings. The molecule has 2 aromatic carbocycles. The Labute approximate surface area is 203 Å². The number of hydrogen-bond donors (Lipinski definition) is 2. The van der Waals surface area contributed by atoms with E-state index in [1.807, 2.05) is 6.07 Å². The van der Waals surface area contributed by atoms with Gasteiger partial charge in [-0.05, 0) is 38.5 Å². The van der Waals surface area contributed by atoms with Crippen LogP contribution in [0.4, 0.5) is 11.4 Å². The molecule has 186 valence electrons. The fraction of sp³-hybridized carbons (Fsp3) is 0.400. The van der Waals surface area contributed by atoms with Gasteiger partial charge < -0.3 is 14.6 Å². The summed E-state index contributed by atoms with van der Waals surface area (Å²) in [5.74, 6) is -4.00. The first-order valence-electron chi connectivity index (χ1n) is 11.4. The minimum Gasteiger partial charge on any atom is -0.466 e. The van der Waals surface area contributed by atoms with Gasteiger partial charge in [-0.3, -0.25) is 25.1 Å². The maximum atomic E-state index is 13.2. The second-order valence-electron chi connectivity index (χ2n) is 8.45. The van der Waals surface area contributed by atoms with Crippen molar-refractivity contribution in [3.63, 3.8) is 0 Å². The van der Waals surface area contributed by atoms with E-state index in [1.54, 1.807) is 38.1 Å². The molecule has 0 spiro atoms. The SMILES string of the molecule is CCOC(=O)[C@@H]1C(=NNc2ccc([N+](=O)[O-])cc2)C[C@](C)(O)[C@@H](C(=O)OCC)[C@H]1c1ccccc1. The topological polar surface area (TPSA) is 140 Å². The number of carbonyl (C=O) groups excluding carboxylic acids is 2. The van der Waals surface area contributed by atoms with Gasteiger partial charge >= 0.3 is 11.9 Å². The fourth-order valence-electron chi connectivity index (χ4n) is 4.48. The Morgan fingerprint density at radius 1 is 1.09 bits per heavy atom. The number of anilines is 1. The lowest BCUT2D eigenvalue weighted by Crippen LogP contribution is -2.55. The Bertz CT molecular complexity index is 1080. The molecule has 1 aliphatic rings. The summed E-state index contributed by atoms with van der Waals surface area (Å²) >= 11 is 0. The number of nitro benzene ring substituents is 1. The predicted octanol–water partition coefficient (Wildman–Crippen LogP) is 3.66. The van der Waals surface area contributed by atoms with Crippen LogP contribution in [0, 0.1) is 22.0 Å². The van der Waals surface area contributed by atoms with Gasteiger partial charge in [-0.25, -0.2) is 0 Å². The van der Waals surface area contributed by atoms with Gasteiger partial charge in [-0.2, -0.15) is 5.10 Å². The normalized spacial score (nSPS) is 25.0. The molecule has 0 aromatic heterocycles. The van der Waals surface area contributed by atoms with E-state index >= 15 is 0 Å². The van der Waals surface area contributed by atoms with Gasteiger partial charge in [0.15, 0.2) is 0 Å². The highest BCUT2D eigenvalue weighted by atomic mass is 16.6. The standard InChI is InChI=1S/C25H29N3O7/c1-4-34-23(29)21-19(27-26-17-11-13-18(14-12-17)28(32)33)15-25(3,31)22(24(30)35-5-2)20(21)16-9-7-6-8-10-16/h6-14,20-22,26,31H,4-5,15H2,1-3H3/t20-,21+,22+,25-/m0/s1. The van der Waals surface area contributed by atoms with Crippen molar-refractivity contribution in [2.24, 2.45) is 16.9 Å². The van der Waals surface area contributed by atoms with Gasteiger partial charge in [0.25, 0.3) is 5.69 Å². The van der Waals surface area contributed by atoms with Crippen LogP contribution in [0.15, 0.2) is 59.7 Å². The number of nitro groups is 1. The van der Waals surface area contributed by atoms with Gasteiger partial charge in [0.05, 0.1) is 41.1 Å². The average Bonchev–Trinajstić information content (AvgIpc) is 2.82. The van der Waals surface area contributed by atoms with Crippen molar-refractivity contribution in [3.8, 4) is 0 Å². The summed E-state index contributed by atoms with van der Waals surface area (Å²) in [6.45, 7) is 5.13. The van der Waals surface area contributed by atoms with Crippen molar-refractivity contribution >= 4 is 29.0 Å². The molecule has 0 heterocycles. The Morgan fingerprint density at radius 3 is 2.26 bits per heavy atom. The first kappa shape index (κ1) is 25.8. The minimum absolute atomic E-state index is 0.0744. The zero-order valence-corrected chi connectivity index (χ0v) is 19.8. The summed E-state index contributed by atoms with van der Waals surface area (Å²) in [5, 5.41) is 26.7. The smallest absolute Gasteiger partial charge is 0.315 e. The molecular weight excluding hydrogens is 454 g/mol. The number of ether oxygens (including phenoxy) is 2. The van der Waals surface area contributed by atoms with Crippen LogP contribution in [0.25, 0.3) is 0 Å². The predicted molar refractivity (Wildman–Crippen MR) is 129 cm³/mol. The van der Waals surface area contributed by atoms with Gasteiger partial charge in [0.1, 0.15) is 5.92 Å². The highest BCUT2D eigenvalue weighted by Crippen LogP contribution is 2.47. The van der Waals surface area contributed by atoms with Crippen molar-refractivity contribution in [1.29, 1.82) is 0 Å². The number of nitrogens with zero attached hydrogens (tertiary/aromatic N) is 2. The molecule has 0 saturated heterocycles. The molecule has 35 heavy (non-hydrogen) atoms. The van der Waals surface area contributed by atoms with Gasteiger partial charge in [-0.1, -0.05) is 30.3 Å². The lowest BCUT2D eigenvalue weighted by molar-refractivity contribution is -0.384. The number of nitrogens with one attached hydrogen (secondary N) is 1. The third-order valence-electron chi connectivity index (χ3n) is 5.96. The van der Waals surface area contributed by atoms with E-state index < -0.39 is 40.2 Å². The van der Waals surface area contributed by atoms with E-state index in [4.69, 9.17) is 9.47 Å². The molecule has 10 heteroatoms. The van der Waals surface area contributed by atoms with E-state index in [0.29, 0.717) is 17.0 Å². The Morgan fingerprint density at radius 2 is 1.69 bits per heavy atom. The van der Waals surface area contributed by atoms with E-state index in [-0.39, 0.29) is 25.3 Å². The minimum atomic E-state index is -1.58. The number of rotatable bonds is 8. The molecule has 0 radical (unpaired) electrons. The fourth-order valence-corrected chi connectivity index (χ4v) is 4.48. The van der Waals surface area contributed by atoms with Crippen molar-refractivity contribution in [2.75, 3.05) is 18.6 Å². The van der Waals surface area contributed by atoms with E-state index in [2.05, 4.69) is 10.5 Å². The van der Waals surface area contributed by atoms with Crippen LogP contribution in [0.3, 0.4) is 0 Å². The van der Waals surface area contributed by atoms with E-state index in [9.17, 15) is 24.8 Å². The second kappa shape index (κ2) is 11.1. The summed E-state index contributed by atoms with van der Waals surface area (Å²) in [5.41, 5.74) is 2.57. The Balaban J connectivity index is 2.09. The number of esters is 2. The molecule has 2 aromatic rings. The maximum absolute atomic E-state index is 13.2. The summed E-state index contributed by atoms with van der Waals surface area (Å²) < 4.78 is 10.6. The van der Waals surface area contributed by atoms with Crippen molar-refractivity contribution in [2.45, 2.75) is 38.7 Å². The highest BCUT2D eigenvalue weighted by molar-refractivity contribution is 6.06. The third-order valence-corrected chi connectivity index (χ3v) is 5.96. The number of hydrazone groups is 1. The van der Waals surface area contributed by atoms with Gasteiger partial charge in [0, 0.05) is 24.5 Å². The lowest BCUT2D eigenvalue weighted by atomic mass is 9.61. The lowest BCUT2D eigenvalue weighted by Gasteiger charge is -2.45. The van der Waals surface area contributed by atoms with Crippen molar-refractivity contribution < 1.29 is 29.1 Å². The van der Waals surface area contributed by atoms with Crippen LogP contribution >= 0.6 is 0 Å². The largest absolute Gasteiger partial charge is 0.466 e. The Kier molecular flexibility index (Phi) is 8.18. The van der Waals surface area contributed by atoms with Crippen LogP contribution in [0.1, 0.15) is 38.7 Å². The molecule has 0 aliphatic heterocycles. The first-order valence-corrected chi connectivity index (χ1v) is 11.4. The van der Waals surface area contributed by atoms with Crippen LogP contribution in [-0.4, -0.2) is 46.5 Å². The van der Waals surface area contributed by atoms with E-state index in [0.717, 1.165) is 0 Å². The van der Waals surface area contributed by atoms with Crippen LogP contribution in [-0.2, 0) is 19.1 Å². The molecule has 1 aliphatic carbocycles. The summed E-state index contributed by atoms with van der Waals surface area (Å²) in [6, 6.07) is 14.6. The van der Waals surface area contributed by atoms with E-state index in [1.165, 1.54) is 31.2 Å². The van der Waals surface area contributed by atoms with Crippen LogP contribution < -0.4 is 5.43 Å². The van der Waals surface area contributed by atoms with Gasteiger partial charge in [-0.15, -0.1) is 0 Å². The zero-order valence-electron chi connectivity index (χ0n) is 19.8. The highest BCUT2D eigenvalue weighted by Gasteiger charge is 2.56. The molecule has 1 saturated carbocycles. The van der Waals surface area contributed by atoms with Gasteiger partial charge in [0.2, 0.25) is 0 Å². The number of non-ortho nitro benzene ring substituents is 1. The first-order chi connectivity index (χ1) is 16.7. The number of aliphatic hydroxyl groups is 1. The summed E-state index contributed by atoms with van der Waals surface area (Å²) in [7, 11) is 0. The second-order valence-corrected chi connectivity index (χ2v) is 8.45. The monoisotopic (exact) mass is 483 g/mol. The molecule has 0 bridgehead atoms. The number of benzene rings is 2. The molecule has 3 rings (SSSR count). The molecule has 2 N–H and O–H groups in total. The summed E-state index contributed by atoms with van der Waals surface area (Å²) in [4.78, 5) is 36.7. The number of hydrogen-bond acceptors (Lipinski definition) is 9. The Hall–Kier alpha value is -3.79. The van der Waals surface area contributed by atoms with Crippen molar-refractivity contribution in [3.05, 3.63) is 70.3 Å². The molecule has 4 atom stereocenters.